The van der Waals surface area contributed by atoms with Crippen molar-refractivity contribution in [3.05, 3.63) is 35.4 Å². The Balaban J connectivity index is 1.98. The van der Waals surface area contributed by atoms with Gasteiger partial charge in [-0.05, 0) is 18.1 Å². The summed E-state index contributed by atoms with van der Waals surface area (Å²) in [6.07, 6.45) is 1.02. The van der Waals surface area contributed by atoms with E-state index in [1.165, 1.54) is 5.56 Å². The van der Waals surface area contributed by atoms with Gasteiger partial charge in [-0.25, -0.2) is 0 Å². The molecule has 1 aliphatic heterocycles. The zero-order valence-electron chi connectivity index (χ0n) is 11.8. The first-order chi connectivity index (χ1) is 9.56. The summed E-state index contributed by atoms with van der Waals surface area (Å²) in [4.78, 5) is 16.1. The third kappa shape index (κ3) is 4.02. The molecule has 0 aromatic heterocycles. The molecule has 1 fully saturated rings. The minimum atomic E-state index is 0.169. The number of amides is 1. The summed E-state index contributed by atoms with van der Waals surface area (Å²) in [5.74, 6) is 0.169. The molecule has 1 amide bonds. The van der Waals surface area contributed by atoms with E-state index in [0.717, 1.165) is 44.7 Å². The second kappa shape index (κ2) is 6.81. The Morgan fingerprint density at radius 1 is 1.30 bits per heavy atom. The van der Waals surface area contributed by atoms with Crippen LogP contribution in [0.1, 0.15) is 24.5 Å². The van der Waals surface area contributed by atoms with E-state index in [1.54, 1.807) is 6.92 Å². The molecule has 2 N–H and O–H groups in total. The molecule has 1 aliphatic rings. The molecule has 1 aromatic rings. The second-order valence-electron chi connectivity index (χ2n) is 5.20. The molecule has 20 heavy (non-hydrogen) atoms. The lowest BCUT2D eigenvalue weighted by Crippen LogP contribution is -2.33. The van der Waals surface area contributed by atoms with E-state index in [9.17, 15) is 4.79 Å². The fourth-order valence-corrected chi connectivity index (χ4v) is 2.65. The first-order valence-corrected chi connectivity index (χ1v) is 7.33. The predicted octanol–water partition coefficient (Wildman–Crippen LogP) is 1.38. The van der Waals surface area contributed by atoms with E-state index in [0.29, 0.717) is 4.99 Å². The van der Waals surface area contributed by atoms with Gasteiger partial charge in [-0.15, -0.1) is 0 Å². The zero-order valence-corrected chi connectivity index (χ0v) is 12.7. The van der Waals surface area contributed by atoms with Gasteiger partial charge in [0.25, 0.3) is 0 Å². The van der Waals surface area contributed by atoms with Gasteiger partial charge >= 0.3 is 0 Å². The van der Waals surface area contributed by atoms with Crippen LogP contribution in [0.25, 0.3) is 0 Å². The van der Waals surface area contributed by atoms with Crippen molar-refractivity contribution in [2.75, 3.05) is 26.2 Å². The molecule has 0 radical (unpaired) electrons. The Hall–Kier alpha value is -1.46. The number of hydrogen-bond acceptors (Lipinski definition) is 3. The molecule has 4 nitrogen and oxygen atoms in total. The van der Waals surface area contributed by atoms with Crippen LogP contribution in [-0.4, -0.2) is 46.9 Å². The van der Waals surface area contributed by atoms with E-state index in [1.807, 2.05) is 17.0 Å². The molecule has 1 saturated heterocycles. The van der Waals surface area contributed by atoms with Crippen molar-refractivity contribution in [3.8, 4) is 0 Å². The number of nitrogens with zero attached hydrogens (tertiary/aromatic N) is 2. The van der Waals surface area contributed by atoms with Gasteiger partial charge in [0.2, 0.25) is 5.91 Å². The Morgan fingerprint density at radius 2 is 2.10 bits per heavy atom. The summed E-state index contributed by atoms with van der Waals surface area (Å²) in [6.45, 7) is 6.12. The van der Waals surface area contributed by atoms with E-state index >= 15 is 0 Å². The number of hydrogen-bond donors (Lipinski definition) is 1. The SMILES string of the molecule is CC(=O)N1CCCN(Cc2cccc(C(N)=S)c2)CC1. The molecule has 2 rings (SSSR count). The average Bonchev–Trinajstić information content (AvgIpc) is 2.65. The maximum atomic E-state index is 11.4. The normalized spacial score (nSPS) is 16.8. The van der Waals surface area contributed by atoms with Crippen molar-refractivity contribution in [2.24, 2.45) is 5.73 Å². The van der Waals surface area contributed by atoms with Gasteiger partial charge in [0, 0.05) is 45.2 Å². The van der Waals surface area contributed by atoms with Gasteiger partial charge in [-0.2, -0.15) is 0 Å². The molecule has 0 bridgehead atoms. The molecular weight excluding hydrogens is 270 g/mol. The quantitative estimate of drug-likeness (QED) is 0.855. The molecular formula is C15H21N3OS. The topological polar surface area (TPSA) is 49.6 Å². The van der Waals surface area contributed by atoms with Gasteiger partial charge in [0.05, 0.1) is 0 Å². The Morgan fingerprint density at radius 3 is 2.80 bits per heavy atom. The van der Waals surface area contributed by atoms with E-state index in [2.05, 4.69) is 17.0 Å². The lowest BCUT2D eigenvalue weighted by molar-refractivity contribution is -0.128. The van der Waals surface area contributed by atoms with Gasteiger partial charge in [0.15, 0.2) is 0 Å². The molecule has 1 aromatic carbocycles. The molecule has 0 unspecified atom stereocenters. The van der Waals surface area contributed by atoms with Crippen LogP contribution in [0, 0.1) is 0 Å². The van der Waals surface area contributed by atoms with Gasteiger partial charge in [-0.1, -0.05) is 30.4 Å². The minimum Gasteiger partial charge on any atom is -0.389 e. The number of nitrogens with two attached hydrogens (primary N) is 1. The van der Waals surface area contributed by atoms with Crippen LogP contribution in [0.4, 0.5) is 0 Å². The van der Waals surface area contributed by atoms with Crippen molar-refractivity contribution < 1.29 is 4.79 Å². The first-order valence-electron chi connectivity index (χ1n) is 6.93. The Labute approximate surface area is 125 Å². The molecule has 0 spiro atoms. The second-order valence-corrected chi connectivity index (χ2v) is 5.64. The zero-order chi connectivity index (χ0) is 14.5. The summed E-state index contributed by atoms with van der Waals surface area (Å²) in [5, 5.41) is 0. The van der Waals surface area contributed by atoms with Gasteiger partial charge in [-0.3, -0.25) is 9.69 Å². The van der Waals surface area contributed by atoms with Crippen LogP contribution in [0.3, 0.4) is 0 Å². The number of thiocarbonyl (C=S) groups is 1. The molecule has 0 aliphatic carbocycles. The maximum Gasteiger partial charge on any atom is 0.219 e. The number of rotatable bonds is 3. The van der Waals surface area contributed by atoms with Crippen LogP contribution in [0.15, 0.2) is 24.3 Å². The number of benzene rings is 1. The van der Waals surface area contributed by atoms with E-state index in [-0.39, 0.29) is 5.91 Å². The van der Waals surface area contributed by atoms with Crippen molar-refractivity contribution in [3.63, 3.8) is 0 Å². The minimum absolute atomic E-state index is 0.169. The fraction of sp³-hybridized carbons (Fsp3) is 0.467. The molecule has 0 saturated carbocycles. The van der Waals surface area contributed by atoms with Gasteiger partial charge in [0.1, 0.15) is 4.99 Å². The highest BCUT2D eigenvalue weighted by molar-refractivity contribution is 7.80. The summed E-state index contributed by atoms with van der Waals surface area (Å²) < 4.78 is 0. The van der Waals surface area contributed by atoms with Crippen LogP contribution >= 0.6 is 12.2 Å². The largest absolute Gasteiger partial charge is 0.389 e. The maximum absolute atomic E-state index is 11.4. The first kappa shape index (κ1) is 14.9. The Kier molecular flexibility index (Phi) is 5.09. The van der Waals surface area contributed by atoms with Gasteiger partial charge < -0.3 is 10.6 Å². The number of carbonyl (C=O) groups excluding carboxylic acids is 1. The molecule has 108 valence electrons. The van der Waals surface area contributed by atoms with Crippen LogP contribution in [-0.2, 0) is 11.3 Å². The molecule has 5 heteroatoms. The lowest BCUT2D eigenvalue weighted by atomic mass is 10.1. The van der Waals surface area contributed by atoms with Crippen molar-refractivity contribution in [2.45, 2.75) is 19.9 Å². The van der Waals surface area contributed by atoms with E-state index in [4.69, 9.17) is 18.0 Å². The number of carbonyl (C=O) groups is 1. The van der Waals surface area contributed by atoms with Crippen molar-refractivity contribution in [1.29, 1.82) is 0 Å². The summed E-state index contributed by atoms with van der Waals surface area (Å²) in [7, 11) is 0. The lowest BCUT2D eigenvalue weighted by Gasteiger charge is -2.21. The van der Waals surface area contributed by atoms with Crippen LogP contribution < -0.4 is 5.73 Å². The average molecular weight is 291 g/mol. The van der Waals surface area contributed by atoms with Crippen LogP contribution in [0.5, 0.6) is 0 Å². The third-order valence-electron chi connectivity index (χ3n) is 3.65. The summed E-state index contributed by atoms with van der Waals surface area (Å²) in [6, 6.07) is 8.07. The predicted molar refractivity (Wildman–Crippen MR) is 84.5 cm³/mol. The highest BCUT2D eigenvalue weighted by atomic mass is 32.1. The van der Waals surface area contributed by atoms with Crippen molar-refractivity contribution in [1.82, 2.24) is 9.80 Å². The highest BCUT2D eigenvalue weighted by Gasteiger charge is 2.16. The van der Waals surface area contributed by atoms with Crippen molar-refractivity contribution >= 4 is 23.1 Å². The standard InChI is InChI=1S/C15H21N3OS/c1-12(19)18-7-3-6-17(8-9-18)11-13-4-2-5-14(10-13)15(16)20/h2,4-5,10H,3,6-9,11H2,1H3,(H2,16,20). The fourth-order valence-electron chi connectivity index (χ4n) is 2.53. The smallest absolute Gasteiger partial charge is 0.219 e. The monoisotopic (exact) mass is 291 g/mol. The Bertz CT molecular complexity index is 504. The molecule has 0 atom stereocenters. The summed E-state index contributed by atoms with van der Waals surface area (Å²) in [5.41, 5.74) is 7.79. The summed E-state index contributed by atoms with van der Waals surface area (Å²) >= 11 is 5.01. The highest BCUT2D eigenvalue weighted by Crippen LogP contribution is 2.11. The van der Waals surface area contributed by atoms with Crippen LogP contribution in [0.2, 0.25) is 0 Å². The van der Waals surface area contributed by atoms with E-state index < -0.39 is 0 Å². The third-order valence-corrected chi connectivity index (χ3v) is 3.89. The molecule has 1 heterocycles.